The van der Waals surface area contributed by atoms with Gasteiger partial charge >= 0.3 is 6.03 Å². The molecule has 2 aromatic rings. The maximum atomic E-state index is 12.8. The van der Waals surface area contributed by atoms with Crippen LogP contribution in [0.2, 0.25) is 0 Å². The number of aromatic nitrogens is 1. The van der Waals surface area contributed by atoms with Crippen molar-refractivity contribution in [2.45, 2.75) is 38.6 Å². The van der Waals surface area contributed by atoms with E-state index in [2.05, 4.69) is 15.6 Å². The Kier molecular flexibility index (Phi) is 4.77. The predicted octanol–water partition coefficient (Wildman–Crippen LogP) is 2.85. The number of hydrogen-bond acceptors (Lipinski definition) is 5. The van der Waals surface area contributed by atoms with Crippen molar-refractivity contribution in [1.29, 1.82) is 0 Å². The van der Waals surface area contributed by atoms with Gasteiger partial charge in [-0.15, -0.1) is 11.3 Å². The second-order valence-electron chi connectivity index (χ2n) is 7.65. The largest absolute Gasteiger partial charge is 0.325 e. The van der Waals surface area contributed by atoms with Crippen molar-refractivity contribution in [3.8, 4) is 0 Å². The normalized spacial score (nSPS) is 19.9. The van der Waals surface area contributed by atoms with E-state index in [9.17, 15) is 14.4 Å². The van der Waals surface area contributed by atoms with Gasteiger partial charge in [-0.3, -0.25) is 14.5 Å². The summed E-state index contributed by atoms with van der Waals surface area (Å²) >= 11 is 1.31. The molecule has 2 N–H and O–H groups in total. The van der Waals surface area contributed by atoms with Crippen LogP contribution in [0.5, 0.6) is 0 Å². The van der Waals surface area contributed by atoms with Gasteiger partial charge in [0.2, 0.25) is 5.91 Å². The fraction of sp³-hybridized carbons (Fsp3) is 0.368. The van der Waals surface area contributed by atoms with Crippen LogP contribution in [0.4, 0.5) is 9.93 Å². The summed E-state index contributed by atoms with van der Waals surface area (Å²) in [5.74, 6) is -0.922. The molecule has 2 heterocycles. The number of imide groups is 1. The summed E-state index contributed by atoms with van der Waals surface area (Å²) in [7, 11) is 0. The number of carbonyl (C=O) groups excluding carboxylic acids is 3. The van der Waals surface area contributed by atoms with Gasteiger partial charge in [-0.1, -0.05) is 51.1 Å². The molecule has 1 fully saturated rings. The lowest BCUT2D eigenvalue weighted by molar-refractivity contribution is -0.133. The van der Waals surface area contributed by atoms with Crippen molar-refractivity contribution in [3.05, 3.63) is 47.0 Å². The van der Waals surface area contributed by atoms with E-state index in [-0.39, 0.29) is 12.0 Å². The molecule has 3 rings (SSSR count). The highest BCUT2D eigenvalue weighted by molar-refractivity contribution is 7.13. The summed E-state index contributed by atoms with van der Waals surface area (Å²) in [5.41, 5.74) is 0.233. The molecule has 0 bridgehead atoms. The van der Waals surface area contributed by atoms with E-state index in [1.807, 2.05) is 32.2 Å². The second-order valence-corrected chi connectivity index (χ2v) is 8.51. The maximum Gasteiger partial charge on any atom is 0.325 e. The van der Waals surface area contributed by atoms with Crippen LogP contribution in [-0.2, 0) is 20.5 Å². The van der Waals surface area contributed by atoms with E-state index in [1.54, 1.807) is 31.2 Å². The van der Waals surface area contributed by atoms with E-state index >= 15 is 0 Å². The van der Waals surface area contributed by atoms with Gasteiger partial charge in [0, 0.05) is 10.8 Å². The van der Waals surface area contributed by atoms with Gasteiger partial charge < -0.3 is 10.6 Å². The summed E-state index contributed by atoms with van der Waals surface area (Å²) in [4.78, 5) is 42.8. The Morgan fingerprint density at radius 3 is 2.52 bits per heavy atom. The Labute approximate surface area is 161 Å². The highest BCUT2D eigenvalue weighted by Gasteiger charge is 2.49. The molecule has 8 heteroatoms. The molecule has 1 saturated heterocycles. The molecule has 1 aromatic carbocycles. The first kappa shape index (κ1) is 19.0. The molecular formula is C19H22N4O3S. The van der Waals surface area contributed by atoms with Gasteiger partial charge in [0.15, 0.2) is 5.13 Å². The molecule has 1 aromatic heterocycles. The smallest absolute Gasteiger partial charge is 0.319 e. The van der Waals surface area contributed by atoms with E-state index in [0.29, 0.717) is 10.7 Å². The minimum Gasteiger partial charge on any atom is -0.319 e. The lowest BCUT2D eigenvalue weighted by Crippen LogP contribution is -2.42. The van der Waals surface area contributed by atoms with Crippen LogP contribution in [0, 0.1) is 0 Å². The van der Waals surface area contributed by atoms with Crippen LogP contribution >= 0.6 is 11.3 Å². The third-order valence-corrected chi connectivity index (χ3v) is 5.20. The van der Waals surface area contributed by atoms with E-state index in [0.717, 1.165) is 10.6 Å². The molecule has 1 atom stereocenters. The first-order valence-corrected chi connectivity index (χ1v) is 9.45. The van der Waals surface area contributed by atoms with E-state index < -0.39 is 23.4 Å². The molecule has 0 aliphatic carbocycles. The van der Waals surface area contributed by atoms with Crippen molar-refractivity contribution in [2.24, 2.45) is 0 Å². The highest BCUT2D eigenvalue weighted by Crippen LogP contribution is 2.29. The van der Waals surface area contributed by atoms with Gasteiger partial charge in [-0.05, 0) is 12.5 Å². The zero-order valence-corrected chi connectivity index (χ0v) is 16.5. The Bertz CT molecular complexity index is 888. The zero-order chi connectivity index (χ0) is 19.8. The molecule has 142 valence electrons. The highest BCUT2D eigenvalue weighted by atomic mass is 32.1. The summed E-state index contributed by atoms with van der Waals surface area (Å²) < 4.78 is 0. The van der Waals surface area contributed by atoms with Crippen LogP contribution in [0.25, 0.3) is 0 Å². The summed E-state index contributed by atoms with van der Waals surface area (Å²) in [5, 5.41) is 7.68. The van der Waals surface area contributed by atoms with Crippen molar-refractivity contribution in [3.63, 3.8) is 0 Å². The Morgan fingerprint density at radius 2 is 1.93 bits per heavy atom. The molecule has 0 saturated carbocycles. The quantitative estimate of drug-likeness (QED) is 0.791. The molecular weight excluding hydrogens is 364 g/mol. The number of amides is 4. The average molecular weight is 386 g/mol. The molecule has 7 nitrogen and oxygen atoms in total. The molecule has 0 radical (unpaired) electrons. The molecule has 1 unspecified atom stereocenters. The maximum absolute atomic E-state index is 12.8. The van der Waals surface area contributed by atoms with Gasteiger partial charge in [-0.25, -0.2) is 9.78 Å². The third kappa shape index (κ3) is 3.71. The second kappa shape index (κ2) is 6.77. The van der Waals surface area contributed by atoms with E-state index in [4.69, 9.17) is 0 Å². The topological polar surface area (TPSA) is 91.4 Å². The van der Waals surface area contributed by atoms with E-state index in [1.165, 1.54) is 11.3 Å². The zero-order valence-electron chi connectivity index (χ0n) is 15.7. The van der Waals surface area contributed by atoms with Gasteiger partial charge in [0.05, 0.1) is 5.69 Å². The number of hydrogen-bond donors (Lipinski definition) is 2. The first-order chi connectivity index (χ1) is 12.6. The number of nitrogens with zero attached hydrogens (tertiary/aromatic N) is 2. The van der Waals surface area contributed by atoms with Gasteiger partial charge in [0.1, 0.15) is 12.1 Å². The van der Waals surface area contributed by atoms with Crippen molar-refractivity contribution >= 4 is 34.3 Å². The lowest BCUT2D eigenvalue weighted by atomic mass is 9.92. The molecule has 0 spiro atoms. The minimum atomic E-state index is -1.18. The molecule has 1 aliphatic heterocycles. The van der Waals surface area contributed by atoms with Crippen LogP contribution in [-0.4, -0.2) is 34.3 Å². The average Bonchev–Trinajstić information content (AvgIpc) is 3.15. The monoisotopic (exact) mass is 386 g/mol. The Morgan fingerprint density at radius 1 is 1.26 bits per heavy atom. The molecule has 1 aliphatic rings. The molecule has 27 heavy (non-hydrogen) atoms. The van der Waals surface area contributed by atoms with Crippen molar-refractivity contribution in [1.82, 2.24) is 15.2 Å². The number of benzene rings is 1. The Hall–Kier alpha value is -2.74. The SMILES string of the molecule is CC(C)(C)c1csc(NC(=O)CN2C(=O)NC(C)(c3ccccc3)C2=O)n1. The summed E-state index contributed by atoms with van der Waals surface area (Å²) in [6.45, 7) is 7.37. The lowest BCUT2D eigenvalue weighted by Gasteiger charge is -2.22. The van der Waals surface area contributed by atoms with Crippen LogP contribution in [0.1, 0.15) is 39.0 Å². The number of rotatable bonds is 4. The fourth-order valence-electron chi connectivity index (χ4n) is 2.79. The van der Waals surface area contributed by atoms with Crippen molar-refractivity contribution in [2.75, 3.05) is 11.9 Å². The van der Waals surface area contributed by atoms with Crippen LogP contribution < -0.4 is 10.6 Å². The number of nitrogens with one attached hydrogen (secondary N) is 2. The fourth-order valence-corrected chi connectivity index (χ4v) is 3.74. The third-order valence-electron chi connectivity index (χ3n) is 4.45. The number of anilines is 1. The number of thiazole rings is 1. The standard InChI is InChI=1S/C19H22N4O3S/c1-18(2,3)13-11-27-16(20-13)21-14(24)10-23-15(25)19(4,22-17(23)26)12-8-6-5-7-9-12/h5-9,11H,10H2,1-4H3,(H,22,26)(H,20,21,24). The Balaban J connectivity index is 1.70. The van der Waals surface area contributed by atoms with Gasteiger partial charge in [-0.2, -0.15) is 0 Å². The van der Waals surface area contributed by atoms with Crippen LogP contribution in [0.15, 0.2) is 35.7 Å². The predicted molar refractivity (Wildman–Crippen MR) is 103 cm³/mol. The number of carbonyl (C=O) groups is 3. The number of urea groups is 1. The minimum absolute atomic E-state index is 0.123. The summed E-state index contributed by atoms with van der Waals surface area (Å²) in [6, 6.07) is 8.38. The van der Waals surface area contributed by atoms with Crippen LogP contribution in [0.3, 0.4) is 0 Å². The molecule has 4 amide bonds. The van der Waals surface area contributed by atoms with Crippen molar-refractivity contribution < 1.29 is 14.4 Å². The van der Waals surface area contributed by atoms with Gasteiger partial charge in [0.25, 0.3) is 5.91 Å². The summed E-state index contributed by atoms with van der Waals surface area (Å²) in [6.07, 6.45) is 0. The first-order valence-electron chi connectivity index (χ1n) is 8.57.